The van der Waals surface area contributed by atoms with Gasteiger partial charge in [-0.05, 0) is 27.7 Å². The molecule has 0 spiro atoms. The maximum Gasteiger partial charge on any atom is 0.237 e. The minimum absolute atomic E-state index is 0.166. The van der Waals surface area contributed by atoms with E-state index in [1.54, 1.807) is 0 Å². The summed E-state index contributed by atoms with van der Waals surface area (Å²) in [7, 11) is 0. The molecule has 1 heterocycles. The molecule has 0 bridgehead atoms. The van der Waals surface area contributed by atoms with Crippen LogP contribution in [0, 0.1) is 0 Å². The Morgan fingerprint density at radius 3 is 2.50 bits per heavy atom. The summed E-state index contributed by atoms with van der Waals surface area (Å²) >= 11 is 5.92. The first kappa shape index (κ1) is 15.0. The van der Waals surface area contributed by atoms with Crippen LogP contribution in [0.15, 0.2) is 6.20 Å². The van der Waals surface area contributed by atoms with E-state index in [1.165, 1.54) is 6.20 Å². The van der Waals surface area contributed by atoms with Crippen molar-refractivity contribution in [3.63, 3.8) is 0 Å². The molecule has 0 aliphatic heterocycles. The SMILES string of the molecule is CC(C)N(CCOc1nc(N)ncc1Cl)C(C)C. The van der Waals surface area contributed by atoms with Crippen molar-refractivity contribution in [3.05, 3.63) is 11.2 Å². The number of rotatable bonds is 6. The number of nitrogens with zero attached hydrogens (tertiary/aromatic N) is 3. The van der Waals surface area contributed by atoms with E-state index in [1.807, 2.05) is 0 Å². The molecule has 18 heavy (non-hydrogen) atoms. The predicted octanol–water partition coefficient (Wildman–Crippen LogP) is 2.21. The molecule has 5 nitrogen and oxygen atoms in total. The Bertz CT molecular complexity index is 376. The van der Waals surface area contributed by atoms with Crippen molar-refractivity contribution in [1.29, 1.82) is 0 Å². The quantitative estimate of drug-likeness (QED) is 0.860. The second-order valence-corrected chi connectivity index (χ2v) is 5.06. The standard InChI is InChI=1S/C12H21ClN4O/c1-8(2)17(9(3)4)5-6-18-11-10(13)7-15-12(14)16-11/h7-9H,5-6H2,1-4H3,(H2,14,15,16). The fourth-order valence-corrected chi connectivity index (χ4v) is 1.97. The second-order valence-electron chi connectivity index (χ2n) is 4.66. The average molecular weight is 273 g/mol. The summed E-state index contributed by atoms with van der Waals surface area (Å²) < 4.78 is 5.54. The summed E-state index contributed by atoms with van der Waals surface area (Å²) in [6, 6.07) is 0.944. The highest BCUT2D eigenvalue weighted by molar-refractivity contribution is 6.31. The molecule has 1 rings (SSSR count). The molecular formula is C12H21ClN4O. The molecule has 6 heteroatoms. The zero-order chi connectivity index (χ0) is 13.7. The van der Waals surface area contributed by atoms with Crippen LogP contribution < -0.4 is 10.5 Å². The lowest BCUT2D eigenvalue weighted by molar-refractivity contribution is 0.140. The van der Waals surface area contributed by atoms with Crippen LogP contribution in [0.3, 0.4) is 0 Å². The monoisotopic (exact) mass is 272 g/mol. The maximum atomic E-state index is 5.92. The molecule has 0 aliphatic rings. The normalized spacial score (nSPS) is 11.6. The van der Waals surface area contributed by atoms with Gasteiger partial charge in [0.25, 0.3) is 0 Å². The van der Waals surface area contributed by atoms with Gasteiger partial charge in [0.2, 0.25) is 11.8 Å². The topological polar surface area (TPSA) is 64.3 Å². The zero-order valence-electron chi connectivity index (χ0n) is 11.4. The first-order chi connectivity index (χ1) is 8.41. The molecule has 0 amide bonds. The number of anilines is 1. The van der Waals surface area contributed by atoms with Gasteiger partial charge in [0.05, 0.1) is 6.20 Å². The molecule has 1 aromatic rings. The molecule has 0 radical (unpaired) electrons. The summed E-state index contributed by atoms with van der Waals surface area (Å²) in [4.78, 5) is 10.1. The van der Waals surface area contributed by atoms with Gasteiger partial charge in [-0.15, -0.1) is 0 Å². The maximum absolute atomic E-state index is 5.92. The molecule has 1 aromatic heterocycles. The number of aromatic nitrogens is 2. The van der Waals surface area contributed by atoms with E-state index in [0.717, 1.165) is 6.54 Å². The summed E-state index contributed by atoms with van der Waals surface area (Å²) in [6.45, 7) is 9.98. The molecule has 102 valence electrons. The third-order valence-electron chi connectivity index (χ3n) is 2.65. The number of nitrogen functional groups attached to an aromatic ring is 1. The highest BCUT2D eigenvalue weighted by Gasteiger charge is 2.13. The van der Waals surface area contributed by atoms with Gasteiger partial charge in [-0.1, -0.05) is 11.6 Å². The van der Waals surface area contributed by atoms with Crippen LogP contribution >= 0.6 is 11.6 Å². The highest BCUT2D eigenvalue weighted by atomic mass is 35.5. The first-order valence-electron chi connectivity index (χ1n) is 6.08. The number of halogens is 1. The minimum atomic E-state index is 0.166. The summed E-state index contributed by atoms with van der Waals surface area (Å²) in [6.07, 6.45) is 1.45. The summed E-state index contributed by atoms with van der Waals surface area (Å²) in [5, 5.41) is 0.379. The molecule has 0 atom stereocenters. The molecule has 0 saturated carbocycles. The van der Waals surface area contributed by atoms with Gasteiger partial charge in [-0.3, -0.25) is 4.90 Å². The molecular weight excluding hydrogens is 252 g/mol. The lowest BCUT2D eigenvalue weighted by Crippen LogP contribution is -2.39. The van der Waals surface area contributed by atoms with Crippen molar-refractivity contribution in [1.82, 2.24) is 14.9 Å². The molecule has 0 unspecified atom stereocenters. The van der Waals surface area contributed by atoms with Crippen LogP contribution in [-0.4, -0.2) is 40.1 Å². The van der Waals surface area contributed by atoms with Crippen LogP contribution in [0.4, 0.5) is 5.95 Å². The Hall–Kier alpha value is -1.07. The van der Waals surface area contributed by atoms with Gasteiger partial charge in [0.1, 0.15) is 11.6 Å². The molecule has 2 N–H and O–H groups in total. The third kappa shape index (κ3) is 4.31. The third-order valence-corrected chi connectivity index (χ3v) is 2.90. The lowest BCUT2D eigenvalue weighted by Gasteiger charge is -2.30. The summed E-state index contributed by atoms with van der Waals surface area (Å²) in [5.41, 5.74) is 5.48. The van der Waals surface area contributed by atoms with Gasteiger partial charge >= 0.3 is 0 Å². The smallest absolute Gasteiger partial charge is 0.237 e. The van der Waals surface area contributed by atoms with Crippen molar-refractivity contribution in [2.75, 3.05) is 18.9 Å². The van der Waals surface area contributed by atoms with Crippen molar-refractivity contribution >= 4 is 17.5 Å². The molecule has 0 aromatic carbocycles. The second kappa shape index (κ2) is 6.75. The summed E-state index contributed by atoms with van der Waals surface area (Å²) in [5.74, 6) is 0.510. The van der Waals surface area contributed by atoms with E-state index >= 15 is 0 Å². The van der Waals surface area contributed by atoms with Gasteiger partial charge in [-0.2, -0.15) is 4.98 Å². The Morgan fingerprint density at radius 2 is 1.94 bits per heavy atom. The van der Waals surface area contributed by atoms with Gasteiger partial charge in [0.15, 0.2) is 0 Å². The Kier molecular flexibility index (Phi) is 5.62. The van der Waals surface area contributed by atoms with E-state index < -0.39 is 0 Å². The number of ether oxygens (including phenoxy) is 1. The van der Waals surface area contributed by atoms with E-state index in [4.69, 9.17) is 22.1 Å². The van der Waals surface area contributed by atoms with Crippen molar-refractivity contribution in [2.24, 2.45) is 0 Å². The Morgan fingerprint density at radius 1 is 1.33 bits per heavy atom. The number of hydrogen-bond donors (Lipinski definition) is 1. The Labute approximate surface area is 113 Å². The van der Waals surface area contributed by atoms with Crippen LogP contribution in [0.2, 0.25) is 5.02 Å². The number of hydrogen-bond acceptors (Lipinski definition) is 5. The van der Waals surface area contributed by atoms with E-state index in [9.17, 15) is 0 Å². The van der Waals surface area contributed by atoms with Crippen LogP contribution in [-0.2, 0) is 0 Å². The zero-order valence-corrected chi connectivity index (χ0v) is 12.1. The van der Waals surface area contributed by atoms with Crippen molar-refractivity contribution in [3.8, 4) is 5.88 Å². The van der Waals surface area contributed by atoms with Crippen LogP contribution in [0.5, 0.6) is 5.88 Å². The van der Waals surface area contributed by atoms with E-state index in [2.05, 4.69) is 42.6 Å². The lowest BCUT2D eigenvalue weighted by atomic mass is 10.2. The van der Waals surface area contributed by atoms with Crippen LogP contribution in [0.1, 0.15) is 27.7 Å². The minimum Gasteiger partial charge on any atom is -0.475 e. The average Bonchev–Trinajstić information content (AvgIpc) is 2.27. The first-order valence-corrected chi connectivity index (χ1v) is 6.46. The van der Waals surface area contributed by atoms with E-state index in [-0.39, 0.29) is 5.95 Å². The van der Waals surface area contributed by atoms with Gasteiger partial charge in [0, 0.05) is 18.6 Å². The van der Waals surface area contributed by atoms with Gasteiger partial charge < -0.3 is 10.5 Å². The Balaban J connectivity index is 2.52. The molecule has 0 fully saturated rings. The number of nitrogens with two attached hydrogens (primary N) is 1. The predicted molar refractivity (Wildman–Crippen MR) is 73.9 cm³/mol. The van der Waals surface area contributed by atoms with Crippen molar-refractivity contribution < 1.29 is 4.74 Å². The molecule has 0 aliphatic carbocycles. The molecule has 0 saturated heterocycles. The van der Waals surface area contributed by atoms with Crippen molar-refractivity contribution in [2.45, 2.75) is 39.8 Å². The highest BCUT2D eigenvalue weighted by Crippen LogP contribution is 2.20. The van der Waals surface area contributed by atoms with Gasteiger partial charge in [-0.25, -0.2) is 4.98 Å². The largest absolute Gasteiger partial charge is 0.475 e. The van der Waals surface area contributed by atoms with E-state index in [0.29, 0.717) is 29.6 Å². The fourth-order valence-electron chi connectivity index (χ4n) is 1.83. The van der Waals surface area contributed by atoms with Crippen LogP contribution in [0.25, 0.3) is 0 Å². The fraction of sp³-hybridized carbons (Fsp3) is 0.667.